The van der Waals surface area contributed by atoms with Crippen LogP contribution in [-0.4, -0.2) is 18.4 Å². The van der Waals surface area contributed by atoms with Crippen molar-refractivity contribution >= 4 is 27.2 Å². The fourth-order valence-electron chi connectivity index (χ4n) is 1.76. The van der Waals surface area contributed by atoms with E-state index in [9.17, 15) is 8.42 Å². The maximum absolute atomic E-state index is 12.4. The van der Waals surface area contributed by atoms with Gasteiger partial charge in [-0.2, -0.15) is 0 Å². The van der Waals surface area contributed by atoms with Gasteiger partial charge in [0.25, 0.3) is 0 Å². The summed E-state index contributed by atoms with van der Waals surface area (Å²) in [6, 6.07) is 10.0. The first-order valence-electron chi connectivity index (χ1n) is 6.20. The molecule has 0 amide bonds. The van der Waals surface area contributed by atoms with E-state index in [1.807, 2.05) is 19.1 Å². The van der Waals surface area contributed by atoms with E-state index in [1.54, 1.807) is 24.4 Å². The van der Waals surface area contributed by atoms with E-state index in [-0.39, 0.29) is 16.4 Å². The Morgan fingerprint density at radius 3 is 2.62 bits per heavy atom. The molecule has 0 aliphatic carbocycles. The summed E-state index contributed by atoms with van der Waals surface area (Å²) in [7, 11) is -3.69. The van der Waals surface area contributed by atoms with Crippen molar-refractivity contribution < 1.29 is 8.42 Å². The number of aryl methyl sites for hydroxylation is 1. The second-order valence-corrected chi connectivity index (χ2v) is 6.67. The Bertz CT molecular complexity index is 756. The SMILES string of the molecule is Cc1ccc(CNS(=O)(=O)c2ccccc2C(N)=S)cn1. The largest absolute Gasteiger partial charge is 0.389 e. The van der Waals surface area contributed by atoms with Crippen LogP contribution in [0.3, 0.4) is 0 Å². The summed E-state index contributed by atoms with van der Waals surface area (Å²) in [4.78, 5) is 4.25. The molecular weight excluding hydrogens is 306 g/mol. The molecule has 21 heavy (non-hydrogen) atoms. The number of hydrogen-bond donors (Lipinski definition) is 2. The van der Waals surface area contributed by atoms with Gasteiger partial charge in [0.1, 0.15) is 4.99 Å². The second kappa shape index (κ2) is 6.30. The van der Waals surface area contributed by atoms with Crippen LogP contribution >= 0.6 is 12.2 Å². The molecule has 0 saturated carbocycles. The van der Waals surface area contributed by atoms with Gasteiger partial charge >= 0.3 is 0 Å². The van der Waals surface area contributed by atoms with Gasteiger partial charge in [-0.3, -0.25) is 4.98 Å². The predicted octanol–water partition coefficient (Wildman–Crippen LogP) is 1.50. The number of thiocarbonyl (C=S) groups is 1. The number of sulfonamides is 1. The van der Waals surface area contributed by atoms with E-state index in [1.165, 1.54) is 6.07 Å². The van der Waals surface area contributed by atoms with Crippen molar-refractivity contribution in [1.82, 2.24) is 9.71 Å². The highest BCUT2D eigenvalue weighted by molar-refractivity contribution is 7.89. The molecule has 7 heteroatoms. The van der Waals surface area contributed by atoms with Crippen molar-refractivity contribution in [1.29, 1.82) is 0 Å². The van der Waals surface area contributed by atoms with E-state index in [0.717, 1.165) is 11.3 Å². The molecule has 2 aromatic rings. The van der Waals surface area contributed by atoms with Gasteiger partial charge in [0, 0.05) is 24.0 Å². The average molecular weight is 321 g/mol. The first kappa shape index (κ1) is 15.6. The molecule has 110 valence electrons. The number of rotatable bonds is 5. The maximum Gasteiger partial charge on any atom is 0.241 e. The zero-order valence-corrected chi connectivity index (χ0v) is 13.0. The molecule has 2 rings (SSSR count). The Kier molecular flexibility index (Phi) is 4.66. The average Bonchev–Trinajstić information content (AvgIpc) is 2.47. The highest BCUT2D eigenvalue weighted by Gasteiger charge is 2.18. The molecule has 5 nitrogen and oxygen atoms in total. The summed E-state index contributed by atoms with van der Waals surface area (Å²) < 4.78 is 27.2. The topological polar surface area (TPSA) is 85.1 Å². The summed E-state index contributed by atoms with van der Waals surface area (Å²) in [5.74, 6) is 0. The minimum Gasteiger partial charge on any atom is -0.389 e. The molecule has 0 atom stereocenters. The summed E-state index contributed by atoms with van der Waals surface area (Å²) in [5, 5.41) is 0. The van der Waals surface area contributed by atoms with Gasteiger partial charge in [0.05, 0.1) is 4.90 Å². The Morgan fingerprint density at radius 2 is 2.00 bits per heavy atom. The highest BCUT2D eigenvalue weighted by atomic mass is 32.2. The standard InChI is InChI=1S/C14H15N3O2S2/c1-10-6-7-11(8-16-10)9-17-21(18,19)13-5-3-2-4-12(13)14(15)20/h2-8,17H,9H2,1H3,(H2,15,20). The first-order chi connectivity index (χ1) is 9.90. The quantitative estimate of drug-likeness (QED) is 0.815. The van der Waals surface area contributed by atoms with Crippen molar-refractivity contribution in [3.05, 3.63) is 59.4 Å². The minimum atomic E-state index is -3.69. The molecule has 1 aromatic carbocycles. The third-order valence-electron chi connectivity index (χ3n) is 2.88. The van der Waals surface area contributed by atoms with Crippen LogP contribution in [-0.2, 0) is 16.6 Å². The fourth-order valence-corrected chi connectivity index (χ4v) is 3.24. The molecule has 0 aliphatic rings. The smallest absolute Gasteiger partial charge is 0.241 e. The zero-order chi connectivity index (χ0) is 15.5. The molecule has 3 N–H and O–H groups in total. The van der Waals surface area contributed by atoms with Gasteiger partial charge in [0.15, 0.2) is 0 Å². The van der Waals surface area contributed by atoms with E-state index in [0.29, 0.717) is 5.56 Å². The van der Waals surface area contributed by atoms with Gasteiger partial charge in [0.2, 0.25) is 10.0 Å². The normalized spacial score (nSPS) is 11.3. The van der Waals surface area contributed by atoms with Crippen LogP contribution < -0.4 is 10.5 Å². The lowest BCUT2D eigenvalue weighted by atomic mass is 10.2. The summed E-state index contributed by atoms with van der Waals surface area (Å²) in [6.45, 7) is 2.02. The molecule has 0 spiro atoms. The van der Waals surface area contributed by atoms with Gasteiger partial charge in [-0.15, -0.1) is 0 Å². The van der Waals surface area contributed by atoms with Crippen LogP contribution in [0.5, 0.6) is 0 Å². The van der Waals surface area contributed by atoms with Crippen LogP contribution in [0.15, 0.2) is 47.5 Å². The van der Waals surface area contributed by atoms with E-state index in [4.69, 9.17) is 18.0 Å². The number of nitrogens with two attached hydrogens (primary N) is 1. The van der Waals surface area contributed by atoms with Crippen LogP contribution in [0.2, 0.25) is 0 Å². The number of nitrogens with one attached hydrogen (secondary N) is 1. The Labute approximate surface area is 129 Å². The minimum absolute atomic E-state index is 0.0491. The Balaban J connectivity index is 2.23. The molecular formula is C14H15N3O2S2. The molecule has 0 bridgehead atoms. The molecule has 0 saturated heterocycles. The number of nitrogens with zero attached hydrogens (tertiary/aromatic N) is 1. The lowest BCUT2D eigenvalue weighted by molar-refractivity contribution is 0.581. The number of pyridine rings is 1. The van der Waals surface area contributed by atoms with Crippen LogP contribution in [0, 0.1) is 6.92 Å². The first-order valence-corrected chi connectivity index (χ1v) is 8.09. The third kappa shape index (κ3) is 3.84. The third-order valence-corrected chi connectivity index (χ3v) is 4.56. The molecule has 0 unspecified atom stereocenters. The van der Waals surface area contributed by atoms with E-state index < -0.39 is 10.0 Å². The zero-order valence-electron chi connectivity index (χ0n) is 11.4. The van der Waals surface area contributed by atoms with Gasteiger partial charge in [-0.05, 0) is 24.6 Å². The van der Waals surface area contributed by atoms with Crippen molar-refractivity contribution in [2.24, 2.45) is 5.73 Å². The van der Waals surface area contributed by atoms with E-state index >= 15 is 0 Å². The molecule has 0 fully saturated rings. The molecule has 1 heterocycles. The van der Waals surface area contributed by atoms with Gasteiger partial charge in [-0.25, -0.2) is 13.1 Å². The van der Waals surface area contributed by atoms with Crippen molar-refractivity contribution in [2.75, 3.05) is 0 Å². The molecule has 1 aromatic heterocycles. The molecule has 0 aliphatic heterocycles. The second-order valence-electron chi connectivity index (χ2n) is 4.49. The van der Waals surface area contributed by atoms with Crippen molar-refractivity contribution in [3.63, 3.8) is 0 Å². The highest BCUT2D eigenvalue weighted by Crippen LogP contribution is 2.15. The molecule has 0 radical (unpaired) electrons. The van der Waals surface area contributed by atoms with Gasteiger partial charge < -0.3 is 5.73 Å². The lowest BCUT2D eigenvalue weighted by Crippen LogP contribution is -2.26. The van der Waals surface area contributed by atoms with Crippen LogP contribution in [0.4, 0.5) is 0 Å². The number of aromatic nitrogens is 1. The lowest BCUT2D eigenvalue weighted by Gasteiger charge is -2.10. The Morgan fingerprint density at radius 1 is 1.29 bits per heavy atom. The van der Waals surface area contributed by atoms with Crippen LogP contribution in [0.1, 0.15) is 16.8 Å². The van der Waals surface area contributed by atoms with E-state index in [2.05, 4.69) is 9.71 Å². The van der Waals surface area contributed by atoms with Crippen molar-refractivity contribution in [2.45, 2.75) is 18.4 Å². The van der Waals surface area contributed by atoms with Crippen molar-refractivity contribution in [3.8, 4) is 0 Å². The monoisotopic (exact) mass is 321 g/mol. The fraction of sp³-hybridized carbons (Fsp3) is 0.143. The number of hydrogen-bond acceptors (Lipinski definition) is 4. The predicted molar refractivity (Wildman–Crippen MR) is 85.3 cm³/mol. The summed E-state index contributed by atoms with van der Waals surface area (Å²) in [5.41, 5.74) is 7.55. The Hall–Kier alpha value is -1.83. The maximum atomic E-state index is 12.4. The number of benzene rings is 1. The van der Waals surface area contributed by atoms with Gasteiger partial charge in [-0.1, -0.05) is 36.5 Å². The summed E-state index contributed by atoms with van der Waals surface area (Å²) in [6.07, 6.45) is 1.64. The summed E-state index contributed by atoms with van der Waals surface area (Å²) >= 11 is 4.89. The van der Waals surface area contributed by atoms with Crippen LogP contribution in [0.25, 0.3) is 0 Å².